The van der Waals surface area contributed by atoms with Crippen molar-refractivity contribution in [3.8, 4) is 0 Å². The van der Waals surface area contributed by atoms with Crippen molar-refractivity contribution in [1.82, 2.24) is 10.2 Å². The third-order valence-electron chi connectivity index (χ3n) is 2.91. The third-order valence-corrected chi connectivity index (χ3v) is 3.98. The molecule has 2 aromatic rings. The molecular formula is C15H22N2OS. The first-order chi connectivity index (χ1) is 9.17. The first-order valence-corrected chi connectivity index (χ1v) is 7.51. The molecule has 0 amide bonds. The van der Waals surface area contributed by atoms with Gasteiger partial charge < -0.3 is 9.73 Å². The quantitative estimate of drug-likeness (QED) is 0.841. The van der Waals surface area contributed by atoms with Gasteiger partial charge in [0.1, 0.15) is 11.5 Å². The van der Waals surface area contributed by atoms with Crippen LogP contribution in [0.1, 0.15) is 28.2 Å². The van der Waals surface area contributed by atoms with E-state index in [4.69, 9.17) is 4.42 Å². The van der Waals surface area contributed by atoms with E-state index in [1.807, 2.05) is 24.3 Å². The van der Waals surface area contributed by atoms with Crippen molar-refractivity contribution in [3.05, 3.63) is 45.5 Å². The van der Waals surface area contributed by atoms with Crippen LogP contribution in [0.2, 0.25) is 0 Å². The Hall–Kier alpha value is -1.10. The van der Waals surface area contributed by atoms with Gasteiger partial charge in [-0.15, -0.1) is 11.3 Å². The second-order valence-corrected chi connectivity index (χ2v) is 6.09. The van der Waals surface area contributed by atoms with Crippen molar-refractivity contribution in [1.29, 1.82) is 0 Å². The van der Waals surface area contributed by atoms with Crippen molar-refractivity contribution in [2.24, 2.45) is 0 Å². The molecule has 0 aliphatic heterocycles. The second-order valence-electron chi connectivity index (χ2n) is 4.83. The molecule has 2 heterocycles. The summed E-state index contributed by atoms with van der Waals surface area (Å²) in [6, 6.07) is 8.51. The van der Waals surface area contributed by atoms with Crippen LogP contribution in [-0.2, 0) is 19.6 Å². The summed E-state index contributed by atoms with van der Waals surface area (Å²) in [6.45, 7) is 7.93. The molecular weight excluding hydrogens is 256 g/mol. The average Bonchev–Trinajstić information content (AvgIpc) is 2.96. The van der Waals surface area contributed by atoms with Crippen LogP contribution in [0.4, 0.5) is 0 Å². The van der Waals surface area contributed by atoms with E-state index in [9.17, 15) is 0 Å². The van der Waals surface area contributed by atoms with Gasteiger partial charge in [0.05, 0.1) is 6.54 Å². The highest BCUT2D eigenvalue weighted by Gasteiger charge is 2.07. The molecule has 2 rings (SSSR count). The van der Waals surface area contributed by atoms with Gasteiger partial charge in [0.25, 0.3) is 0 Å². The van der Waals surface area contributed by atoms with Gasteiger partial charge in [-0.2, -0.15) is 0 Å². The Balaban J connectivity index is 1.84. The zero-order chi connectivity index (χ0) is 13.7. The van der Waals surface area contributed by atoms with Crippen LogP contribution in [0.3, 0.4) is 0 Å². The lowest BCUT2D eigenvalue weighted by atomic mass is 10.3. The molecule has 0 aromatic carbocycles. The fourth-order valence-corrected chi connectivity index (χ4v) is 3.08. The summed E-state index contributed by atoms with van der Waals surface area (Å²) in [6.07, 6.45) is 0. The first-order valence-electron chi connectivity index (χ1n) is 6.69. The third kappa shape index (κ3) is 4.49. The number of aryl methyl sites for hydroxylation is 1. The van der Waals surface area contributed by atoms with E-state index < -0.39 is 0 Å². The summed E-state index contributed by atoms with van der Waals surface area (Å²) in [5.41, 5.74) is 0. The highest BCUT2D eigenvalue weighted by molar-refractivity contribution is 7.11. The Morgan fingerprint density at radius 1 is 1.16 bits per heavy atom. The highest BCUT2D eigenvalue weighted by Crippen LogP contribution is 2.19. The van der Waals surface area contributed by atoms with Crippen molar-refractivity contribution >= 4 is 11.3 Å². The zero-order valence-corrected chi connectivity index (χ0v) is 12.7. The minimum absolute atomic E-state index is 0.855. The minimum atomic E-state index is 0.855. The van der Waals surface area contributed by atoms with E-state index in [0.29, 0.717) is 0 Å². The minimum Gasteiger partial charge on any atom is -0.465 e. The number of thiophene rings is 1. The lowest BCUT2D eigenvalue weighted by molar-refractivity contribution is 0.287. The maximum absolute atomic E-state index is 5.60. The molecule has 4 heteroatoms. The fourth-order valence-electron chi connectivity index (χ4n) is 2.01. The molecule has 1 N–H and O–H groups in total. The Labute approximate surface area is 119 Å². The molecule has 0 atom stereocenters. The summed E-state index contributed by atoms with van der Waals surface area (Å²) in [5, 5.41) is 3.36. The van der Waals surface area contributed by atoms with Gasteiger partial charge >= 0.3 is 0 Å². The predicted molar refractivity (Wildman–Crippen MR) is 80.3 cm³/mol. The van der Waals surface area contributed by atoms with Gasteiger partial charge in [-0.25, -0.2) is 0 Å². The summed E-state index contributed by atoms with van der Waals surface area (Å²) < 4.78 is 5.60. The van der Waals surface area contributed by atoms with Crippen LogP contribution >= 0.6 is 11.3 Å². The summed E-state index contributed by atoms with van der Waals surface area (Å²) >= 11 is 1.88. The number of rotatable bonds is 7. The largest absolute Gasteiger partial charge is 0.465 e. The summed E-state index contributed by atoms with van der Waals surface area (Å²) in [4.78, 5) is 5.08. The van der Waals surface area contributed by atoms with E-state index in [-0.39, 0.29) is 0 Å². The SMILES string of the molecule is CCNCc1ccc(CN(C)Cc2ccc(C)o2)s1. The first kappa shape index (κ1) is 14.3. The van der Waals surface area contributed by atoms with Crippen LogP contribution in [0.5, 0.6) is 0 Å². The average molecular weight is 278 g/mol. The Kier molecular flexibility index (Phi) is 5.19. The molecule has 0 saturated carbocycles. The van der Waals surface area contributed by atoms with Gasteiger partial charge in [0.2, 0.25) is 0 Å². The lowest BCUT2D eigenvalue weighted by Crippen LogP contribution is -2.16. The Morgan fingerprint density at radius 2 is 1.95 bits per heavy atom. The van der Waals surface area contributed by atoms with Crippen molar-refractivity contribution in [2.45, 2.75) is 33.5 Å². The number of nitrogens with one attached hydrogen (secondary N) is 1. The van der Waals surface area contributed by atoms with Crippen LogP contribution < -0.4 is 5.32 Å². The molecule has 0 saturated heterocycles. The number of hydrogen-bond donors (Lipinski definition) is 1. The van der Waals surface area contributed by atoms with Gasteiger partial charge in [0, 0.05) is 22.8 Å². The topological polar surface area (TPSA) is 28.4 Å². The number of nitrogens with zero attached hydrogens (tertiary/aromatic N) is 1. The van der Waals surface area contributed by atoms with Gasteiger partial charge in [-0.1, -0.05) is 6.92 Å². The van der Waals surface area contributed by atoms with Crippen LogP contribution in [0.15, 0.2) is 28.7 Å². The molecule has 2 aromatic heterocycles. The zero-order valence-electron chi connectivity index (χ0n) is 11.9. The molecule has 104 valence electrons. The second kappa shape index (κ2) is 6.89. The maximum Gasteiger partial charge on any atom is 0.118 e. The molecule has 0 aliphatic rings. The molecule has 19 heavy (non-hydrogen) atoms. The van der Waals surface area contributed by atoms with Gasteiger partial charge in [-0.3, -0.25) is 4.90 Å². The normalized spacial score (nSPS) is 11.4. The summed E-state index contributed by atoms with van der Waals surface area (Å²) in [7, 11) is 2.13. The standard InChI is InChI=1S/C15H22N2OS/c1-4-16-9-14-7-8-15(19-14)11-17(3)10-13-6-5-12(2)18-13/h5-8,16H,4,9-11H2,1-3H3. The van der Waals surface area contributed by atoms with Crippen molar-refractivity contribution < 1.29 is 4.42 Å². The molecule has 0 bridgehead atoms. The highest BCUT2D eigenvalue weighted by atomic mass is 32.1. The van der Waals surface area contributed by atoms with E-state index in [1.165, 1.54) is 9.75 Å². The fraction of sp³-hybridized carbons (Fsp3) is 0.467. The number of furan rings is 1. The van der Waals surface area contributed by atoms with Crippen LogP contribution in [0.25, 0.3) is 0 Å². The van der Waals surface area contributed by atoms with E-state index in [0.717, 1.165) is 37.7 Å². The van der Waals surface area contributed by atoms with Gasteiger partial charge in [0.15, 0.2) is 0 Å². The smallest absolute Gasteiger partial charge is 0.118 e. The Bertz CT molecular complexity index is 504. The monoisotopic (exact) mass is 278 g/mol. The molecule has 3 nitrogen and oxygen atoms in total. The van der Waals surface area contributed by atoms with Crippen molar-refractivity contribution in [3.63, 3.8) is 0 Å². The lowest BCUT2D eigenvalue weighted by Gasteiger charge is -2.13. The van der Waals surface area contributed by atoms with Gasteiger partial charge in [-0.05, 0) is 44.8 Å². The molecule has 0 unspecified atom stereocenters. The summed E-state index contributed by atoms with van der Waals surface area (Å²) in [5.74, 6) is 2.01. The molecule has 0 spiro atoms. The van der Waals surface area contributed by atoms with E-state index in [2.05, 4.69) is 42.4 Å². The molecule has 0 fully saturated rings. The Morgan fingerprint density at radius 3 is 2.63 bits per heavy atom. The maximum atomic E-state index is 5.60. The molecule has 0 aliphatic carbocycles. The molecule has 0 radical (unpaired) electrons. The van der Waals surface area contributed by atoms with E-state index in [1.54, 1.807) is 0 Å². The number of hydrogen-bond acceptors (Lipinski definition) is 4. The predicted octanol–water partition coefficient (Wildman–Crippen LogP) is 3.39. The van der Waals surface area contributed by atoms with Crippen molar-refractivity contribution in [2.75, 3.05) is 13.6 Å². The van der Waals surface area contributed by atoms with Crippen LogP contribution in [0, 0.1) is 6.92 Å². The van der Waals surface area contributed by atoms with E-state index >= 15 is 0 Å². The van der Waals surface area contributed by atoms with Crippen LogP contribution in [-0.4, -0.2) is 18.5 Å².